The molecule has 6 heteroatoms. The second kappa shape index (κ2) is 3.87. The topological polar surface area (TPSA) is 46.2 Å². The van der Waals surface area contributed by atoms with E-state index in [0.717, 1.165) is 0 Å². The Labute approximate surface area is 61.0 Å². The number of aliphatic hydroxyl groups excluding tert-OH is 1. The Morgan fingerprint density at radius 1 is 1.36 bits per heavy atom. The van der Waals surface area contributed by atoms with Gasteiger partial charge in [0.05, 0.1) is 6.61 Å². The number of halogens is 4. The van der Waals surface area contributed by atoms with Crippen LogP contribution in [-0.2, 0) is 0 Å². The van der Waals surface area contributed by atoms with Crippen molar-refractivity contribution in [2.24, 2.45) is 5.73 Å². The average Bonchev–Trinajstić information content (AvgIpc) is 1.85. The molecule has 0 aliphatic carbocycles. The van der Waals surface area contributed by atoms with Gasteiger partial charge in [-0.05, 0) is 0 Å². The first-order valence-corrected chi connectivity index (χ1v) is 2.95. The van der Waals surface area contributed by atoms with Gasteiger partial charge in [-0.1, -0.05) is 0 Å². The van der Waals surface area contributed by atoms with Gasteiger partial charge in [0.15, 0.2) is 6.17 Å². The van der Waals surface area contributed by atoms with Crippen molar-refractivity contribution in [3.8, 4) is 0 Å². The third kappa shape index (κ3) is 4.15. The number of alkyl halides is 4. The van der Waals surface area contributed by atoms with Crippen LogP contribution in [0.1, 0.15) is 6.42 Å². The van der Waals surface area contributed by atoms with Crippen molar-refractivity contribution in [1.29, 1.82) is 0 Å². The molecular weight excluding hydrogens is 166 g/mol. The van der Waals surface area contributed by atoms with Gasteiger partial charge in [0.1, 0.15) is 0 Å². The average molecular weight is 175 g/mol. The van der Waals surface area contributed by atoms with Crippen molar-refractivity contribution in [2.75, 3.05) is 6.61 Å². The Morgan fingerprint density at radius 3 is 2.09 bits per heavy atom. The minimum absolute atomic E-state index is 0.642. The molecule has 0 aliphatic heterocycles. The van der Waals surface area contributed by atoms with Crippen LogP contribution in [0.4, 0.5) is 17.6 Å². The second-order valence-corrected chi connectivity index (χ2v) is 2.19. The molecule has 0 saturated heterocycles. The summed E-state index contributed by atoms with van der Waals surface area (Å²) in [6.45, 7) is -0.642. The highest BCUT2D eigenvalue weighted by Crippen LogP contribution is 2.25. The third-order valence-corrected chi connectivity index (χ3v) is 1.10. The Hall–Kier alpha value is -0.360. The van der Waals surface area contributed by atoms with Crippen LogP contribution in [0.5, 0.6) is 0 Å². The Balaban J connectivity index is 3.77. The van der Waals surface area contributed by atoms with Crippen LogP contribution >= 0.6 is 0 Å². The summed E-state index contributed by atoms with van der Waals surface area (Å²) in [6, 6.07) is -1.15. The zero-order valence-electron chi connectivity index (χ0n) is 5.61. The number of hydrogen-bond acceptors (Lipinski definition) is 2. The fourth-order valence-electron chi connectivity index (χ4n) is 0.474. The van der Waals surface area contributed by atoms with Gasteiger partial charge in [0, 0.05) is 12.5 Å². The molecular formula is C5H9F4NO. The Morgan fingerprint density at radius 2 is 1.82 bits per heavy atom. The van der Waals surface area contributed by atoms with Crippen molar-refractivity contribution in [1.82, 2.24) is 0 Å². The van der Waals surface area contributed by atoms with Crippen molar-refractivity contribution < 1.29 is 22.7 Å². The molecule has 0 saturated carbocycles. The molecule has 0 heterocycles. The molecule has 0 fully saturated rings. The molecule has 0 aromatic rings. The molecule has 68 valence electrons. The van der Waals surface area contributed by atoms with E-state index in [4.69, 9.17) is 10.8 Å². The SMILES string of the molecule is NC(CO)CC(F)C(F)(F)F. The van der Waals surface area contributed by atoms with Gasteiger partial charge in [0.25, 0.3) is 0 Å². The smallest absolute Gasteiger partial charge is 0.395 e. The largest absolute Gasteiger partial charge is 0.419 e. The monoisotopic (exact) mass is 175 g/mol. The summed E-state index contributed by atoms with van der Waals surface area (Å²) in [5.74, 6) is 0. The molecule has 11 heavy (non-hydrogen) atoms. The minimum Gasteiger partial charge on any atom is -0.395 e. The predicted octanol–water partition coefficient (Wildman–Crippen LogP) is 0.597. The maximum Gasteiger partial charge on any atom is 0.419 e. The van der Waals surface area contributed by atoms with Crippen LogP contribution in [0, 0.1) is 0 Å². The molecule has 3 N–H and O–H groups in total. The lowest BCUT2D eigenvalue weighted by atomic mass is 10.1. The van der Waals surface area contributed by atoms with Crippen molar-refractivity contribution in [2.45, 2.75) is 24.8 Å². The van der Waals surface area contributed by atoms with E-state index in [9.17, 15) is 17.6 Å². The Kier molecular flexibility index (Phi) is 3.74. The number of hydrogen-bond donors (Lipinski definition) is 2. The lowest BCUT2D eigenvalue weighted by Gasteiger charge is -2.14. The summed E-state index contributed by atoms with van der Waals surface area (Å²) in [5, 5.41) is 8.19. The first-order valence-electron chi connectivity index (χ1n) is 2.95. The highest BCUT2D eigenvalue weighted by Gasteiger charge is 2.40. The summed E-state index contributed by atoms with van der Waals surface area (Å²) >= 11 is 0. The summed E-state index contributed by atoms with van der Waals surface area (Å²) in [6.07, 6.45) is -8.70. The minimum atomic E-state index is -4.87. The van der Waals surface area contributed by atoms with Gasteiger partial charge >= 0.3 is 6.18 Å². The quantitative estimate of drug-likeness (QED) is 0.617. The Bertz CT molecular complexity index is 116. The van der Waals surface area contributed by atoms with Crippen molar-refractivity contribution in [3.63, 3.8) is 0 Å². The molecule has 2 nitrogen and oxygen atoms in total. The first kappa shape index (κ1) is 10.6. The van der Waals surface area contributed by atoms with Gasteiger partial charge in [0.2, 0.25) is 0 Å². The van der Waals surface area contributed by atoms with E-state index in [1.54, 1.807) is 0 Å². The van der Waals surface area contributed by atoms with Crippen molar-refractivity contribution in [3.05, 3.63) is 0 Å². The summed E-state index contributed by atoms with van der Waals surface area (Å²) in [4.78, 5) is 0. The fraction of sp³-hybridized carbons (Fsp3) is 1.00. The number of nitrogens with two attached hydrogens (primary N) is 1. The van der Waals surface area contributed by atoms with Crippen LogP contribution in [0.25, 0.3) is 0 Å². The van der Waals surface area contributed by atoms with Gasteiger partial charge in [-0.25, -0.2) is 4.39 Å². The van der Waals surface area contributed by atoms with Gasteiger partial charge in [-0.3, -0.25) is 0 Å². The van der Waals surface area contributed by atoms with E-state index in [-0.39, 0.29) is 0 Å². The highest BCUT2D eigenvalue weighted by molar-refractivity contribution is 4.72. The number of rotatable bonds is 3. The zero-order valence-corrected chi connectivity index (χ0v) is 5.61. The predicted molar refractivity (Wildman–Crippen MR) is 30.6 cm³/mol. The first-order chi connectivity index (χ1) is 4.88. The lowest BCUT2D eigenvalue weighted by Crippen LogP contribution is -2.34. The molecule has 0 radical (unpaired) electrons. The van der Waals surface area contributed by atoms with Crippen LogP contribution < -0.4 is 5.73 Å². The molecule has 2 atom stereocenters. The molecule has 2 unspecified atom stereocenters. The van der Waals surface area contributed by atoms with E-state index < -0.39 is 31.4 Å². The van der Waals surface area contributed by atoms with E-state index in [2.05, 4.69) is 0 Å². The lowest BCUT2D eigenvalue weighted by molar-refractivity contribution is -0.183. The van der Waals surface area contributed by atoms with E-state index in [1.165, 1.54) is 0 Å². The summed E-state index contributed by atoms with van der Waals surface area (Å²) < 4.78 is 46.3. The summed E-state index contributed by atoms with van der Waals surface area (Å²) in [7, 11) is 0. The fourth-order valence-corrected chi connectivity index (χ4v) is 0.474. The van der Waals surface area contributed by atoms with Crippen LogP contribution in [0.2, 0.25) is 0 Å². The highest BCUT2D eigenvalue weighted by atomic mass is 19.4. The van der Waals surface area contributed by atoms with Crippen LogP contribution in [0.15, 0.2) is 0 Å². The van der Waals surface area contributed by atoms with E-state index >= 15 is 0 Å². The van der Waals surface area contributed by atoms with Crippen LogP contribution in [-0.4, -0.2) is 30.1 Å². The van der Waals surface area contributed by atoms with E-state index in [1.807, 2.05) is 0 Å². The maximum absolute atomic E-state index is 12.0. The third-order valence-electron chi connectivity index (χ3n) is 1.10. The second-order valence-electron chi connectivity index (χ2n) is 2.19. The molecule has 0 rings (SSSR count). The van der Waals surface area contributed by atoms with Gasteiger partial charge in [-0.2, -0.15) is 13.2 Å². The zero-order chi connectivity index (χ0) is 9.07. The molecule has 0 aromatic heterocycles. The molecule has 0 aliphatic rings. The molecule has 0 aromatic carbocycles. The maximum atomic E-state index is 12.0. The number of aliphatic hydroxyl groups is 1. The molecule has 0 spiro atoms. The van der Waals surface area contributed by atoms with Crippen LogP contribution in [0.3, 0.4) is 0 Å². The normalized spacial score (nSPS) is 18.0. The standard InChI is InChI=1S/C5H9F4NO/c6-4(5(7,8)9)1-3(10)2-11/h3-4,11H,1-2,10H2. The van der Waals surface area contributed by atoms with Gasteiger partial charge in [-0.15, -0.1) is 0 Å². The van der Waals surface area contributed by atoms with Crippen molar-refractivity contribution >= 4 is 0 Å². The molecule has 0 bridgehead atoms. The van der Waals surface area contributed by atoms with E-state index in [0.29, 0.717) is 0 Å². The molecule has 0 amide bonds. The summed E-state index contributed by atoms with van der Waals surface area (Å²) in [5.41, 5.74) is 4.88. The van der Waals surface area contributed by atoms with Gasteiger partial charge < -0.3 is 10.8 Å².